The Hall–Kier alpha value is -0.870. The summed E-state index contributed by atoms with van der Waals surface area (Å²) in [5, 5.41) is 32.1. The standard InChI is InChI=1S/C30H48O4/c1-17-10-12-26(3)14-15-28(5)19(23(26)18(17)2)8-9-21-27(4)16-20(31)24(32)30(7,25(33)34)22(27)11-13-29(21,28)6/h8,17-18,20-24,31-32H,9-16H2,1-7H3,(H,33,34)/t17-,18+,20-,21-,22?,23+,24-,26-,27-,28-,29-,30?/m1/s1. The van der Waals surface area contributed by atoms with Gasteiger partial charge in [0.1, 0.15) is 0 Å². The molecule has 3 N–H and O–H groups in total. The van der Waals surface area contributed by atoms with Crippen LogP contribution in [0.15, 0.2) is 11.6 Å². The number of fused-ring (bicyclic) bond motifs is 7. The molecule has 0 heterocycles. The Morgan fingerprint density at radius 2 is 1.62 bits per heavy atom. The van der Waals surface area contributed by atoms with Gasteiger partial charge in [-0.2, -0.15) is 0 Å². The monoisotopic (exact) mass is 472 g/mol. The molecule has 0 bridgehead atoms. The van der Waals surface area contributed by atoms with Crippen molar-refractivity contribution < 1.29 is 20.1 Å². The van der Waals surface area contributed by atoms with Crippen LogP contribution in [0.2, 0.25) is 0 Å². The summed E-state index contributed by atoms with van der Waals surface area (Å²) in [5.74, 6) is 1.31. The molecular weight excluding hydrogens is 424 g/mol. The minimum Gasteiger partial charge on any atom is -0.481 e. The second kappa shape index (κ2) is 7.34. The van der Waals surface area contributed by atoms with Crippen molar-refractivity contribution in [3.05, 3.63) is 11.6 Å². The molecule has 0 aromatic rings. The summed E-state index contributed by atoms with van der Waals surface area (Å²) >= 11 is 0. The lowest BCUT2D eigenvalue weighted by Crippen LogP contribution is -2.68. The van der Waals surface area contributed by atoms with E-state index in [0.29, 0.717) is 29.6 Å². The van der Waals surface area contributed by atoms with E-state index < -0.39 is 23.6 Å². The van der Waals surface area contributed by atoms with Gasteiger partial charge in [0.05, 0.1) is 17.6 Å². The fourth-order valence-electron chi connectivity index (χ4n) is 10.9. The van der Waals surface area contributed by atoms with Crippen molar-refractivity contribution in [1.82, 2.24) is 0 Å². The Bertz CT molecular complexity index is 911. The molecule has 5 aliphatic rings. The van der Waals surface area contributed by atoms with E-state index in [1.807, 2.05) is 0 Å². The van der Waals surface area contributed by atoms with Crippen molar-refractivity contribution in [3.8, 4) is 0 Å². The normalized spacial score (nSPS) is 59.1. The van der Waals surface area contributed by atoms with Crippen LogP contribution in [0.3, 0.4) is 0 Å². The van der Waals surface area contributed by atoms with Crippen LogP contribution in [0.4, 0.5) is 0 Å². The average molecular weight is 473 g/mol. The third-order valence-corrected chi connectivity index (χ3v) is 13.5. The number of rotatable bonds is 1. The molecule has 12 atom stereocenters. The number of carboxylic acids is 1. The smallest absolute Gasteiger partial charge is 0.312 e. The molecule has 192 valence electrons. The Kier molecular flexibility index (Phi) is 5.36. The van der Waals surface area contributed by atoms with Crippen molar-refractivity contribution in [2.75, 3.05) is 0 Å². The Balaban J connectivity index is 1.61. The number of carbonyl (C=O) groups is 1. The number of aliphatic hydroxyl groups excluding tert-OH is 2. The van der Waals surface area contributed by atoms with Crippen LogP contribution < -0.4 is 0 Å². The van der Waals surface area contributed by atoms with Crippen molar-refractivity contribution in [2.24, 2.45) is 56.7 Å². The highest BCUT2D eigenvalue weighted by Gasteiger charge is 2.71. The largest absolute Gasteiger partial charge is 0.481 e. The molecule has 0 aromatic heterocycles. The van der Waals surface area contributed by atoms with E-state index in [-0.39, 0.29) is 22.2 Å². The van der Waals surface area contributed by atoms with Crippen LogP contribution in [0.5, 0.6) is 0 Å². The number of allylic oxidation sites excluding steroid dienone is 2. The molecule has 0 spiro atoms. The molecule has 0 radical (unpaired) electrons. The molecule has 5 rings (SSSR count). The molecular formula is C30H48O4. The maximum atomic E-state index is 12.5. The van der Waals surface area contributed by atoms with Gasteiger partial charge in [-0.1, -0.05) is 53.2 Å². The number of hydrogen-bond acceptors (Lipinski definition) is 3. The summed E-state index contributed by atoms with van der Waals surface area (Å²) in [7, 11) is 0. The van der Waals surface area contributed by atoms with E-state index in [1.165, 1.54) is 25.7 Å². The lowest BCUT2D eigenvalue weighted by Gasteiger charge is -2.71. The minimum absolute atomic E-state index is 0.0749. The highest BCUT2D eigenvalue weighted by atomic mass is 16.4. The van der Waals surface area contributed by atoms with E-state index in [2.05, 4.69) is 47.6 Å². The third-order valence-electron chi connectivity index (χ3n) is 13.5. The molecule has 0 aliphatic heterocycles. The third kappa shape index (κ3) is 2.76. The van der Waals surface area contributed by atoms with Crippen molar-refractivity contribution in [1.29, 1.82) is 0 Å². The van der Waals surface area contributed by atoms with Gasteiger partial charge >= 0.3 is 5.97 Å². The van der Waals surface area contributed by atoms with Gasteiger partial charge in [0.2, 0.25) is 0 Å². The van der Waals surface area contributed by atoms with Crippen molar-refractivity contribution in [2.45, 2.75) is 112 Å². The van der Waals surface area contributed by atoms with Crippen LogP contribution in [0, 0.1) is 56.7 Å². The predicted molar refractivity (Wildman–Crippen MR) is 134 cm³/mol. The zero-order chi connectivity index (χ0) is 25.1. The molecule has 0 aromatic carbocycles. The van der Waals surface area contributed by atoms with E-state index in [1.54, 1.807) is 12.5 Å². The van der Waals surface area contributed by atoms with E-state index in [4.69, 9.17) is 0 Å². The molecule has 5 aliphatic carbocycles. The number of aliphatic carboxylic acids is 1. The second-order valence-corrected chi connectivity index (χ2v) is 14.6. The molecule has 34 heavy (non-hydrogen) atoms. The van der Waals surface area contributed by atoms with Gasteiger partial charge in [-0.3, -0.25) is 4.79 Å². The first kappa shape index (κ1) is 24.8. The Morgan fingerprint density at radius 1 is 0.941 bits per heavy atom. The Labute approximate surface area is 206 Å². The summed E-state index contributed by atoms with van der Waals surface area (Å²) < 4.78 is 0. The summed E-state index contributed by atoms with van der Waals surface area (Å²) in [6, 6.07) is 0. The predicted octanol–water partition coefficient (Wildman–Crippen LogP) is 6.06. The summed E-state index contributed by atoms with van der Waals surface area (Å²) in [6.45, 7) is 16.4. The maximum absolute atomic E-state index is 12.5. The average Bonchev–Trinajstić information content (AvgIpc) is 2.76. The van der Waals surface area contributed by atoms with Crippen LogP contribution in [-0.4, -0.2) is 33.5 Å². The van der Waals surface area contributed by atoms with Crippen LogP contribution >= 0.6 is 0 Å². The zero-order valence-corrected chi connectivity index (χ0v) is 22.5. The van der Waals surface area contributed by atoms with Gasteiger partial charge in [-0.05, 0) is 110 Å². The molecule has 0 saturated heterocycles. The fraction of sp³-hybridized carbons (Fsp3) is 0.900. The van der Waals surface area contributed by atoms with E-state index in [0.717, 1.165) is 25.2 Å². The first-order chi connectivity index (χ1) is 15.7. The lowest BCUT2D eigenvalue weighted by atomic mass is 9.33. The van der Waals surface area contributed by atoms with Gasteiger partial charge in [0, 0.05) is 0 Å². The first-order valence-corrected chi connectivity index (χ1v) is 14.0. The van der Waals surface area contributed by atoms with Crippen LogP contribution in [0.1, 0.15) is 99.8 Å². The highest BCUT2D eigenvalue weighted by molar-refractivity contribution is 5.76. The van der Waals surface area contributed by atoms with Crippen molar-refractivity contribution in [3.63, 3.8) is 0 Å². The first-order valence-electron chi connectivity index (χ1n) is 14.0. The van der Waals surface area contributed by atoms with Crippen LogP contribution in [0.25, 0.3) is 0 Å². The van der Waals surface area contributed by atoms with E-state index in [9.17, 15) is 20.1 Å². The zero-order valence-electron chi connectivity index (χ0n) is 22.5. The number of aliphatic hydroxyl groups is 2. The molecule has 4 nitrogen and oxygen atoms in total. The van der Waals surface area contributed by atoms with Gasteiger partial charge in [-0.15, -0.1) is 0 Å². The Morgan fingerprint density at radius 3 is 2.26 bits per heavy atom. The fourth-order valence-corrected chi connectivity index (χ4v) is 10.9. The molecule has 4 fully saturated rings. The second-order valence-electron chi connectivity index (χ2n) is 14.6. The topological polar surface area (TPSA) is 77.8 Å². The summed E-state index contributed by atoms with van der Waals surface area (Å²) in [6.07, 6.45) is 8.83. The summed E-state index contributed by atoms with van der Waals surface area (Å²) in [4.78, 5) is 12.5. The summed E-state index contributed by atoms with van der Waals surface area (Å²) in [5.41, 5.74) is 0.672. The SMILES string of the molecule is C[C@H]1[C@H](C)CC[C@]2(C)CC[C@]3(C)C(=CC[C@@H]4[C@@]5(C)C[C@@H](O)[C@@H](O)C(C)(C(=O)O)C5CC[C@]43C)[C@H]12. The van der Waals surface area contributed by atoms with Crippen LogP contribution in [-0.2, 0) is 4.79 Å². The molecule has 4 saturated carbocycles. The van der Waals surface area contributed by atoms with E-state index >= 15 is 0 Å². The maximum Gasteiger partial charge on any atom is 0.312 e. The minimum atomic E-state index is -1.31. The number of hydrogen-bond donors (Lipinski definition) is 3. The lowest BCUT2D eigenvalue weighted by molar-refractivity contribution is -0.239. The van der Waals surface area contributed by atoms with Gasteiger partial charge in [0.25, 0.3) is 0 Å². The van der Waals surface area contributed by atoms with Crippen molar-refractivity contribution >= 4 is 5.97 Å². The highest BCUT2D eigenvalue weighted by Crippen LogP contribution is 2.75. The van der Waals surface area contributed by atoms with Gasteiger partial charge in [0.15, 0.2) is 0 Å². The number of carboxylic acid groups (broad SMARTS) is 1. The molecule has 0 amide bonds. The molecule has 2 unspecified atom stereocenters. The van der Waals surface area contributed by atoms with Gasteiger partial charge in [-0.25, -0.2) is 0 Å². The quantitative estimate of drug-likeness (QED) is 0.405. The van der Waals surface area contributed by atoms with Gasteiger partial charge < -0.3 is 15.3 Å². The molecule has 4 heteroatoms.